The van der Waals surface area contributed by atoms with Gasteiger partial charge in [-0.1, -0.05) is 30.2 Å². The number of aromatic nitrogens is 5. The molecule has 0 spiro atoms. The molecule has 0 unspecified atom stereocenters. The van der Waals surface area contributed by atoms with Gasteiger partial charge in [-0.3, -0.25) is 0 Å². The second-order valence-corrected chi connectivity index (χ2v) is 9.04. The lowest BCUT2D eigenvalue weighted by Crippen LogP contribution is -2.19. The summed E-state index contributed by atoms with van der Waals surface area (Å²) >= 11 is 5.95. The maximum atomic E-state index is 12.5. The number of benzene rings is 2. The smallest absolute Gasteiger partial charge is 0.422 e. The quantitative estimate of drug-likeness (QED) is 0.309. The molecule has 1 aliphatic heterocycles. The Morgan fingerprint density at radius 1 is 1.14 bits per heavy atom. The minimum absolute atomic E-state index is 0.0369. The van der Waals surface area contributed by atoms with E-state index in [9.17, 15) is 13.2 Å². The van der Waals surface area contributed by atoms with Gasteiger partial charge in [-0.15, -0.1) is 5.10 Å². The van der Waals surface area contributed by atoms with Gasteiger partial charge in [0.2, 0.25) is 5.95 Å². The fourth-order valence-corrected chi connectivity index (χ4v) is 4.52. The van der Waals surface area contributed by atoms with Crippen molar-refractivity contribution in [2.45, 2.75) is 37.9 Å². The van der Waals surface area contributed by atoms with E-state index in [-0.39, 0.29) is 11.7 Å². The molecule has 194 valence electrons. The summed E-state index contributed by atoms with van der Waals surface area (Å²) in [6.07, 6.45) is 1.72. The molecule has 2 aromatic heterocycles. The van der Waals surface area contributed by atoms with E-state index >= 15 is 0 Å². The molecule has 1 N–H and O–H groups in total. The van der Waals surface area contributed by atoms with Crippen LogP contribution in [0, 0.1) is 0 Å². The van der Waals surface area contributed by atoms with Crippen molar-refractivity contribution >= 4 is 23.2 Å². The maximum Gasteiger partial charge on any atom is 0.422 e. The molecule has 1 atom stereocenters. The zero-order valence-electron chi connectivity index (χ0n) is 19.9. The highest BCUT2D eigenvalue weighted by molar-refractivity contribution is 6.29. The van der Waals surface area contributed by atoms with Gasteiger partial charge in [0.1, 0.15) is 28.8 Å². The Balaban J connectivity index is 1.36. The number of halogens is 4. The number of nitrogens with zero attached hydrogens (tertiary/aromatic N) is 5. The van der Waals surface area contributed by atoms with Gasteiger partial charge in [-0.05, 0) is 42.7 Å². The van der Waals surface area contributed by atoms with Crippen molar-refractivity contribution in [3.63, 3.8) is 0 Å². The highest BCUT2D eigenvalue weighted by Crippen LogP contribution is 2.34. The Hall–Kier alpha value is -3.73. The second kappa shape index (κ2) is 10.3. The molecule has 37 heavy (non-hydrogen) atoms. The van der Waals surface area contributed by atoms with E-state index in [1.807, 2.05) is 22.9 Å². The van der Waals surface area contributed by atoms with E-state index in [0.29, 0.717) is 16.9 Å². The van der Waals surface area contributed by atoms with Gasteiger partial charge >= 0.3 is 6.18 Å². The molecule has 4 aromatic rings. The summed E-state index contributed by atoms with van der Waals surface area (Å²) in [4.78, 5) is 8.82. The van der Waals surface area contributed by atoms with Crippen LogP contribution in [-0.2, 0) is 6.54 Å². The van der Waals surface area contributed by atoms with Gasteiger partial charge in [0.05, 0.1) is 12.8 Å². The van der Waals surface area contributed by atoms with E-state index in [2.05, 4.69) is 15.4 Å². The third-order valence-electron chi connectivity index (χ3n) is 6.07. The van der Waals surface area contributed by atoms with Crippen molar-refractivity contribution in [2.24, 2.45) is 0 Å². The highest BCUT2D eigenvalue weighted by atomic mass is 35.5. The molecule has 0 fully saturated rings. The molecule has 12 heteroatoms. The van der Waals surface area contributed by atoms with Gasteiger partial charge in [0.25, 0.3) is 0 Å². The van der Waals surface area contributed by atoms with Crippen LogP contribution in [0.2, 0.25) is 5.15 Å². The molecule has 2 aromatic carbocycles. The van der Waals surface area contributed by atoms with Crippen LogP contribution in [0.5, 0.6) is 11.5 Å². The molecule has 0 saturated carbocycles. The Labute approximate surface area is 216 Å². The Bertz CT molecular complexity index is 1370. The third kappa shape index (κ3) is 5.82. The van der Waals surface area contributed by atoms with Crippen LogP contribution in [0.15, 0.2) is 55.0 Å². The molecule has 3 heterocycles. The summed E-state index contributed by atoms with van der Waals surface area (Å²) in [7, 11) is 1.59. The minimum Gasteiger partial charge on any atom is -0.494 e. The van der Waals surface area contributed by atoms with Crippen LogP contribution in [0.3, 0.4) is 0 Å². The van der Waals surface area contributed by atoms with Crippen LogP contribution in [0.4, 0.5) is 24.8 Å². The van der Waals surface area contributed by atoms with Crippen molar-refractivity contribution in [2.75, 3.05) is 19.0 Å². The van der Waals surface area contributed by atoms with E-state index in [4.69, 9.17) is 26.1 Å². The minimum atomic E-state index is -4.38. The van der Waals surface area contributed by atoms with Crippen LogP contribution in [0.25, 0.3) is 5.69 Å². The lowest BCUT2D eigenvalue weighted by Gasteiger charge is -2.15. The number of rotatable bonds is 7. The molecular weight excluding hydrogens is 509 g/mol. The lowest BCUT2D eigenvalue weighted by molar-refractivity contribution is -0.153. The molecule has 5 rings (SSSR count). The number of hydrogen-bond acceptors (Lipinski definition) is 6. The van der Waals surface area contributed by atoms with Gasteiger partial charge in [-0.25, -0.2) is 9.67 Å². The fourth-order valence-electron chi connectivity index (χ4n) is 4.37. The monoisotopic (exact) mass is 532 g/mol. The maximum absolute atomic E-state index is 12.5. The Morgan fingerprint density at radius 3 is 2.65 bits per heavy atom. The molecule has 0 amide bonds. The summed E-state index contributed by atoms with van der Waals surface area (Å²) in [5.41, 5.74) is 2.48. The van der Waals surface area contributed by atoms with E-state index in [0.717, 1.165) is 48.6 Å². The first kappa shape index (κ1) is 24.9. The largest absolute Gasteiger partial charge is 0.494 e. The van der Waals surface area contributed by atoms with E-state index in [1.54, 1.807) is 48.5 Å². The normalized spacial score (nSPS) is 15.6. The fraction of sp³-hybridized carbons (Fsp3) is 0.320. The van der Waals surface area contributed by atoms with Gasteiger partial charge < -0.3 is 19.4 Å². The zero-order valence-corrected chi connectivity index (χ0v) is 20.6. The number of alkyl halides is 3. The molecule has 0 aliphatic carbocycles. The molecule has 0 bridgehead atoms. The Morgan fingerprint density at radius 2 is 1.95 bits per heavy atom. The van der Waals surface area contributed by atoms with Gasteiger partial charge in [-0.2, -0.15) is 18.2 Å². The number of nitrogens with one attached hydrogen (secondary N) is 1. The van der Waals surface area contributed by atoms with E-state index < -0.39 is 12.8 Å². The molecular formula is C25H24ClF3N6O2. The van der Waals surface area contributed by atoms with E-state index in [1.165, 1.54) is 0 Å². The standard InChI is InChI=1S/C25H24ClF3N6O2/c1-36-21-12-17(7-10-20(21)34-13-22(26)30-15-34)31-24-32-23-19(4-2-3-11-35(23)33-24)16-5-8-18(9-6-16)37-14-25(27,28)29/h5-10,12-13,15,19H,2-4,11,14H2,1H3,(H,31,33)/t19-/m0/s1. The second-order valence-electron chi connectivity index (χ2n) is 8.65. The first-order chi connectivity index (χ1) is 17.8. The summed E-state index contributed by atoms with van der Waals surface area (Å²) < 4.78 is 51.4. The Kier molecular flexibility index (Phi) is 6.96. The lowest BCUT2D eigenvalue weighted by atomic mass is 9.93. The number of methoxy groups -OCH3 is 1. The molecule has 0 radical (unpaired) electrons. The summed E-state index contributed by atoms with van der Waals surface area (Å²) in [6, 6.07) is 12.3. The number of hydrogen-bond donors (Lipinski definition) is 1. The van der Waals surface area contributed by atoms with Crippen molar-refractivity contribution in [1.29, 1.82) is 0 Å². The van der Waals surface area contributed by atoms with Gasteiger partial charge in [0.15, 0.2) is 6.61 Å². The molecule has 0 saturated heterocycles. The zero-order chi connectivity index (χ0) is 26.0. The first-order valence-electron chi connectivity index (χ1n) is 11.7. The molecule has 8 nitrogen and oxygen atoms in total. The van der Waals surface area contributed by atoms with Crippen LogP contribution < -0.4 is 14.8 Å². The summed E-state index contributed by atoms with van der Waals surface area (Å²) in [5.74, 6) is 2.01. The van der Waals surface area contributed by atoms with Crippen molar-refractivity contribution in [1.82, 2.24) is 24.3 Å². The average Bonchev–Trinajstić information content (AvgIpc) is 3.43. The van der Waals surface area contributed by atoms with Crippen molar-refractivity contribution < 1.29 is 22.6 Å². The predicted octanol–water partition coefficient (Wildman–Crippen LogP) is 6.13. The predicted molar refractivity (Wildman–Crippen MR) is 132 cm³/mol. The highest BCUT2D eigenvalue weighted by Gasteiger charge is 2.29. The van der Waals surface area contributed by atoms with Gasteiger partial charge in [0, 0.05) is 30.4 Å². The SMILES string of the molecule is COc1cc(Nc2nc3n(n2)CCCC[C@H]3c2ccc(OCC(F)(F)F)cc2)ccc1-n1cnc(Cl)c1. The number of fused-ring (bicyclic) bond motifs is 1. The first-order valence-corrected chi connectivity index (χ1v) is 12.1. The molecule has 1 aliphatic rings. The van der Waals surface area contributed by atoms with Crippen LogP contribution >= 0.6 is 11.6 Å². The number of ether oxygens (including phenoxy) is 2. The summed E-state index contributed by atoms with van der Waals surface area (Å²) in [5, 5.41) is 8.30. The van der Waals surface area contributed by atoms with Crippen LogP contribution in [-0.4, -0.2) is 44.2 Å². The number of anilines is 2. The topological polar surface area (TPSA) is 79.0 Å². The number of aryl methyl sites for hydroxylation is 1. The third-order valence-corrected chi connectivity index (χ3v) is 6.27. The van der Waals surface area contributed by atoms with Crippen LogP contribution in [0.1, 0.15) is 36.6 Å². The van der Waals surface area contributed by atoms with Crippen molar-refractivity contribution in [3.05, 3.63) is 71.5 Å². The van der Waals surface area contributed by atoms with Crippen molar-refractivity contribution in [3.8, 4) is 17.2 Å². The summed E-state index contributed by atoms with van der Waals surface area (Å²) in [6.45, 7) is -0.585. The average molecular weight is 533 g/mol. The number of imidazole rings is 1.